The van der Waals surface area contributed by atoms with Crippen LogP contribution in [0, 0.1) is 0 Å². The van der Waals surface area contributed by atoms with Crippen molar-refractivity contribution in [3.8, 4) is 0 Å². The van der Waals surface area contributed by atoms with E-state index in [0.717, 1.165) is 67.3 Å². The minimum atomic E-state index is -3.42. The second-order valence-electron chi connectivity index (χ2n) is 17.9. The molecule has 0 heterocycles. The van der Waals surface area contributed by atoms with Crippen molar-refractivity contribution >= 4 is 239 Å². The van der Waals surface area contributed by atoms with E-state index >= 15 is 0 Å². The third-order valence-electron chi connectivity index (χ3n) is 11.5. The van der Waals surface area contributed by atoms with Gasteiger partial charge in [0, 0.05) is 133 Å². The fourth-order valence-corrected chi connectivity index (χ4v) is 121. The zero-order valence-corrected chi connectivity index (χ0v) is 80.2. The van der Waals surface area contributed by atoms with E-state index in [-0.39, 0.29) is 5.25 Å². The number of hydrogen-bond donors (Lipinski definition) is 0. The normalized spacial score (nSPS) is 20.4. The van der Waals surface area contributed by atoms with Crippen LogP contribution in [0.2, 0.25) is 0 Å². The van der Waals surface area contributed by atoms with E-state index in [1.807, 2.05) is 114 Å². The highest BCUT2D eigenvalue weighted by atomic mass is 33.8. The molecule has 1 aliphatic carbocycles. The predicted molar refractivity (Wildman–Crippen MR) is 457 cm³/mol. The summed E-state index contributed by atoms with van der Waals surface area (Å²) in [5, 5.41) is -0.0346. The van der Waals surface area contributed by atoms with Gasteiger partial charge >= 0.3 is 39.8 Å². The van der Waals surface area contributed by atoms with E-state index in [0.29, 0.717) is 99.1 Å². The van der Waals surface area contributed by atoms with Gasteiger partial charge in [-0.15, -0.1) is 0 Å². The Bertz CT molecular complexity index is 1610. The Morgan fingerprint density at radius 3 is 0.707 bits per heavy atom. The first-order valence-electron chi connectivity index (χ1n) is 32.9. The first kappa shape index (κ1) is 97.5. The smallest absolute Gasteiger partial charge is 0.331 e. The van der Waals surface area contributed by atoms with Crippen molar-refractivity contribution in [1.29, 1.82) is 0 Å². The van der Waals surface area contributed by atoms with Gasteiger partial charge in [-0.1, -0.05) is 79.6 Å². The molecule has 0 aromatic heterocycles. The van der Waals surface area contributed by atoms with Gasteiger partial charge in [0.25, 0.3) is 0 Å². The SMILES string of the molecule is CCO[Si](OCC)(OCC)[S+](SCC)SSC1CCCCCCCCCC(SS[S+](SCC)[Si](OCC)(OCC)OCC)(SS[S+](SCC)[Si](OCC)(OCC)OCC)C1(SS[S+](SCC)[Si](OCC)(OCC)OCC)SS[S+](SCC)[Si](OCC)(OCC)OCC. The summed E-state index contributed by atoms with van der Waals surface area (Å²) in [4.78, 5) is 0. The average molecular weight is 1770 g/mol. The van der Waals surface area contributed by atoms with Gasteiger partial charge in [-0.3, -0.25) is 0 Å². The Hall–Kier alpha value is 7.48. The van der Waals surface area contributed by atoms with E-state index in [9.17, 15) is 0 Å². The van der Waals surface area contributed by atoms with Crippen molar-refractivity contribution in [1.82, 2.24) is 0 Å². The molecule has 0 spiro atoms. The fraction of sp³-hybridized carbons (Fsp3) is 1.00. The van der Waals surface area contributed by atoms with E-state index in [4.69, 9.17) is 66.4 Å². The summed E-state index contributed by atoms with van der Waals surface area (Å²) in [6.07, 6.45) is 9.68. The summed E-state index contributed by atoms with van der Waals surface area (Å²) < 4.78 is 104. The lowest BCUT2D eigenvalue weighted by Gasteiger charge is -2.49. The van der Waals surface area contributed by atoms with Crippen LogP contribution in [0.1, 0.15) is 196 Å². The van der Waals surface area contributed by atoms with Crippen LogP contribution in [0.25, 0.3) is 0 Å². The van der Waals surface area contributed by atoms with Gasteiger partial charge in [0.05, 0.1) is 54.0 Å². The molecule has 0 aromatic carbocycles. The summed E-state index contributed by atoms with van der Waals surface area (Å²) in [5.74, 6) is 4.31. The fourth-order valence-electron chi connectivity index (χ4n) is 8.37. The molecule has 92 heavy (non-hydrogen) atoms. The Morgan fingerprint density at radius 1 is 0.272 bits per heavy atom. The topological polar surface area (TPSA) is 138 Å². The Balaban J connectivity index is 5.58. The summed E-state index contributed by atoms with van der Waals surface area (Å²) in [6.45, 7) is 49.7. The summed E-state index contributed by atoms with van der Waals surface area (Å²) in [6, 6.07) is 0. The zero-order valence-electron chi connectivity index (χ0n) is 58.9. The molecule has 0 radical (unpaired) electrons. The average Bonchev–Trinajstić information content (AvgIpc) is 0.739. The van der Waals surface area contributed by atoms with Gasteiger partial charge < -0.3 is 66.4 Å². The van der Waals surface area contributed by atoms with E-state index < -0.39 is 90.0 Å². The molecule has 0 N–H and O–H groups in total. The van der Waals surface area contributed by atoms with Crippen molar-refractivity contribution in [2.24, 2.45) is 0 Å². The molecule has 552 valence electrons. The maximum atomic E-state index is 7.03. The Morgan fingerprint density at radius 2 is 0.478 bits per heavy atom. The second kappa shape index (κ2) is 58.5. The molecule has 0 amide bonds. The molecule has 0 aromatic rings. The summed E-state index contributed by atoms with van der Waals surface area (Å²) in [5.41, 5.74) is 0. The standard InChI is InChI=1S/C52H119O15S20Si5/c1-21-53-88(54-22-2,55-23-3)83(68-36-16)78-73-50-48-46-44-42-41-43-45-47-49-51(74-79-84(69-37-17)89(56-24-4,57-25-5)58-26-6,75-80-85(70-38-18)90(59-27-7,60-28-8)61-29-9)52(50,76-81-86(71-39-19)91(62-30-10,63-31-11)64-32-12)77-82-87(72-40-20)92(65-33-13,66-34-14)67-35-15/h50H,21-49H2,1-20H3/q+5. The molecule has 6 atom stereocenters. The highest BCUT2D eigenvalue weighted by Gasteiger charge is 2.75. The molecule has 0 bridgehead atoms. The van der Waals surface area contributed by atoms with E-state index in [1.54, 1.807) is 0 Å². The molecule has 1 saturated carbocycles. The van der Waals surface area contributed by atoms with Crippen LogP contribution in [0.15, 0.2) is 0 Å². The third kappa shape index (κ3) is 31.6. The van der Waals surface area contributed by atoms with Gasteiger partial charge in [-0.2, -0.15) is 0 Å². The third-order valence-corrected chi connectivity index (χ3v) is 112. The number of rotatable bonds is 60. The van der Waals surface area contributed by atoms with Gasteiger partial charge in [-0.25, -0.2) is 0 Å². The van der Waals surface area contributed by atoms with Crippen LogP contribution >= 0.6 is 157 Å². The highest BCUT2D eigenvalue weighted by molar-refractivity contribution is 9.34. The van der Waals surface area contributed by atoms with Gasteiger partial charge in [-0.05, 0) is 171 Å². The zero-order chi connectivity index (χ0) is 68.7. The maximum Gasteiger partial charge on any atom is 0.808 e. The molecule has 1 aliphatic rings. The molecule has 6 unspecified atom stereocenters. The van der Waals surface area contributed by atoms with Gasteiger partial charge in [0.2, 0.25) is 0 Å². The second-order valence-corrected chi connectivity index (χ2v) is 88.9. The molecular formula is C52H119O15S20Si5+5. The van der Waals surface area contributed by atoms with Crippen LogP contribution in [0.3, 0.4) is 0 Å². The molecule has 0 saturated heterocycles. The Kier molecular flexibility index (Phi) is 62.0. The van der Waals surface area contributed by atoms with Crippen molar-refractivity contribution < 1.29 is 66.4 Å². The molecule has 40 heteroatoms. The van der Waals surface area contributed by atoms with Crippen molar-refractivity contribution in [3.63, 3.8) is 0 Å². The highest BCUT2D eigenvalue weighted by Crippen LogP contribution is 2.77. The minimum Gasteiger partial charge on any atom is -0.331 e. The predicted octanol–water partition coefficient (Wildman–Crippen LogP) is 20.9. The van der Waals surface area contributed by atoms with Gasteiger partial charge in [0.1, 0.15) is 8.16 Å². The lowest BCUT2D eigenvalue weighted by molar-refractivity contribution is 0.0958. The van der Waals surface area contributed by atoms with Crippen LogP contribution < -0.4 is 0 Å². The minimum absolute atomic E-state index is 0.0346. The van der Waals surface area contributed by atoms with E-state index in [1.165, 1.54) is 19.3 Å². The molecule has 1 rings (SSSR count). The first-order valence-corrected chi connectivity index (χ1v) is 72.1. The molecule has 1 fully saturated rings. The molecule has 15 nitrogen and oxygen atoms in total. The van der Waals surface area contributed by atoms with Crippen LogP contribution in [0.5, 0.6) is 0 Å². The monoisotopic (exact) mass is 1760 g/mol. The number of hydrogen-bond acceptors (Lipinski definition) is 30. The Labute approximate surface area is 634 Å². The molecular weight excluding hydrogens is 1650 g/mol. The first-order chi connectivity index (χ1) is 44.6. The van der Waals surface area contributed by atoms with Crippen molar-refractivity contribution in [2.75, 3.05) is 128 Å². The van der Waals surface area contributed by atoms with Crippen LogP contribution in [-0.4, -0.2) is 181 Å². The molecule has 0 aliphatic heterocycles. The quantitative estimate of drug-likeness (QED) is 0.0247. The van der Waals surface area contributed by atoms with Crippen LogP contribution in [0.4, 0.5) is 0 Å². The summed E-state index contributed by atoms with van der Waals surface area (Å²) >= 11 is 0. The van der Waals surface area contributed by atoms with Crippen molar-refractivity contribution in [2.45, 2.75) is 210 Å². The van der Waals surface area contributed by atoms with Crippen LogP contribution in [-0.2, 0) is 108 Å². The van der Waals surface area contributed by atoms with Gasteiger partial charge in [0.15, 0.2) is 91.2 Å². The largest absolute Gasteiger partial charge is 0.808 e. The van der Waals surface area contributed by atoms with Crippen molar-refractivity contribution in [3.05, 3.63) is 0 Å². The maximum absolute atomic E-state index is 7.03. The lowest BCUT2D eigenvalue weighted by Crippen LogP contribution is -2.55. The summed E-state index contributed by atoms with van der Waals surface area (Å²) in [7, 11) is 9.72. The van der Waals surface area contributed by atoms with E-state index in [2.05, 4.69) is 182 Å². The lowest BCUT2D eigenvalue weighted by atomic mass is 9.99.